The molecule has 2 atom stereocenters. The first-order valence-corrected chi connectivity index (χ1v) is 14.7. The van der Waals surface area contributed by atoms with Gasteiger partial charge < -0.3 is 24.3 Å². The van der Waals surface area contributed by atoms with Crippen molar-refractivity contribution in [2.24, 2.45) is 0 Å². The maximum atomic E-state index is 11.7. The minimum Gasteiger partial charge on any atom is -0.454 e. The minimum atomic E-state index is -3.39. The molecule has 0 amide bonds. The molecule has 2 aliphatic heterocycles. The molecule has 2 aromatic carbocycles. The predicted octanol–water partition coefficient (Wildman–Crippen LogP) is 4.77. The molecule has 2 aromatic heterocycles. The molecule has 4 heterocycles. The van der Waals surface area contributed by atoms with E-state index in [9.17, 15) is 8.42 Å². The molecule has 2 N–H and O–H groups in total. The van der Waals surface area contributed by atoms with Crippen molar-refractivity contribution in [2.45, 2.75) is 25.9 Å². The quantitative estimate of drug-likeness (QED) is 0.325. The molecular formula is C28H27N5O4S2. The van der Waals surface area contributed by atoms with Gasteiger partial charge in [0, 0.05) is 40.7 Å². The molecule has 39 heavy (non-hydrogen) atoms. The van der Waals surface area contributed by atoms with Gasteiger partial charge in [-0.05, 0) is 86.2 Å². The van der Waals surface area contributed by atoms with E-state index in [1.807, 2.05) is 48.5 Å². The van der Waals surface area contributed by atoms with Crippen LogP contribution in [0.15, 0.2) is 72.9 Å². The Bertz CT molecular complexity index is 1670. The molecule has 0 radical (unpaired) electrons. The second kappa shape index (κ2) is 9.58. The average Bonchev–Trinajstić information content (AvgIpc) is 3.59. The Hall–Kier alpha value is -4.09. The monoisotopic (exact) mass is 561 g/mol. The summed E-state index contributed by atoms with van der Waals surface area (Å²) in [6, 6.07) is 20.8. The molecule has 0 spiro atoms. The number of anilines is 2. The van der Waals surface area contributed by atoms with Crippen LogP contribution in [-0.2, 0) is 10.0 Å². The predicted molar refractivity (Wildman–Crippen MR) is 154 cm³/mol. The number of nitrogens with zero attached hydrogens (tertiary/aromatic N) is 3. The fraction of sp³-hybridized carbons (Fsp3) is 0.214. The molecule has 2 unspecified atom stereocenters. The average molecular weight is 562 g/mol. The van der Waals surface area contributed by atoms with Crippen LogP contribution >= 0.6 is 12.2 Å². The van der Waals surface area contributed by atoms with Crippen molar-refractivity contribution < 1.29 is 17.9 Å². The summed E-state index contributed by atoms with van der Waals surface area (Å²) in [7, 11) is -3.39. The van der Waals surface area contributed by atoms with Gasteiger partial charge in [0.15, 0.2) is 16.6 Å². The Morgan fingerprint density at radius 3 is 2.46 bits per heavy atom. The van der Waals surface area contributed by atoms with Crippen molar-refractivity contribution in [3.63, 3.8) is 0 Å². The molecule has 0 bridgehead atoms. The molecule has 1 saturated heterocycles. The number of rotatable bonds is 6. The van der Waals surface area contributed by atoms with E-state index in [1.54, 1.807) is 18.3 Å². The third kappa shape index (κ3) is 4.68. The number of benzene rings is 2. The highest BCUT2D eigenvalue weighted by molar-refractivity contribution is 7.92. The van der Waals surface area contributed by atoms with E-state index in [0.29, 0.717) is 10.8 Å². The molecule has 2 aliphatic rings. The highest BCUT2D eigenvalue weighted by Gasteiger charge is 2.42. The number of hydrogen-bond acceptors (Lipinski definition) is 6. The van der Waals surface area contributed by atoms with Gasteiger partial charge in [0.1, 0.15) is 0 Å². The number of nitrogens with one attached hydrogen (secondary N) is 2. The number of thiocarbonyl (C=S) groups is 1. The van der Waals surface area contributed by atoms with Gasteiger partial charge in [-0.1, -0.05) is 6.07 Å². The van der Waals surface area contributed by atoms with Crippen molar-refractivity contribution in [3.8, 4) is 17.2 Å². The number of aromatic nitrogens is 2. The van der Waals surface area contributed by atoms with Crippen LogP contribution in [0.1, 0.15) is 34.7 Å². The van der Waals surface area contributed by atoms with Gasteiger partial charge in [-0.2, -0.15) is 0 Å². The van der Waals surface area contributed by atoms with E-state index >= 15 is 0 Å². The molecule has 200 valence electrons. The summed E-state index contributed by atoms with van der Waals surface area (Å²) in [5, 5.41) is 4.05. The summed E-state index contributed by atoms with van der Waals surface area (Å²) < 4.78 is 39.3. The third-order valence-electron chi connectivity index (χ3n) is 6.95. The zero-order valence-corrected chi connectivity index (χ0v) is 23.2. The zero-order chi connectivity index (χ0) is 27.3. The van der Waals surface area contributed by atoms with E-state index < -0.39 is 10.0 Å². The Morgan fingerprint density at radius 2 is 1.74 bits per heavy atom. The Morgan fingerprint density at radius 1 is 1.00 bits per heavy atom. The van der Waals surface area contributed by atoms with Crippen LogP contribution in [0.4, 0.5) is 11.4 Å². The van der Waals surface area contributed by atoms with Gasteiger partial charge in [-0.15, -0.1) is 0 Å². The number of aryl methyl sites for hydroxylation is 1. The lowest BCUT2D eigenvalue weighted by Gasteiger charge is -2.28. The number of hydrogen-bond donors (Lipinski definition) is 2. The lowest BCUT2D eigenvalue weighted by atomic mass is 9.96. The number of ether oxygens (including phenoxy) is 2. The first kappa shape index (κ1) is 25.2. The Balaban J connectivity index is 1.45. The topological polar surface area (TPSA) is 97.7 Å². The Labute approximate surface area is 232 Å². The number of fused-ring (bicyclic) bond motifs is 1. The molecule has 9 nitrogen and oxygen atoms in total. The van der Waals surface area contributed by atoms with E-state index in [-0.39, 0.29) is 18.9 Å². The fourth-order valence-electron chi connectivity index (χ4n) is 5.36. The van der Waals surface area contributed by atoms with E-state index in [1.165, 1.54) is 0 Å². The van der Waals surface area contributed by atoms with Gasteiger partial charge in [-0.3, -0.25) is 9.71 Å². The molecule has 11 heteroatoms. The van der Waals surface area contributed by atoms with Gasteiger partial charge in [-0.25, -0.2) is 8.42 Å². The Kier molecular flexibility index (Phi) is 6.19. The SMILES string of the molecule is Cc1cc(C2C(c3ccccn3)NC(=S)N2c2ccc(NS(C)(=O)=O)cc2)c(C)n1-c1ccc2c(c1)OCO2. The summed E-state index contributed by atoms with van der Waals surface area (Å²) in [6.07, 6.45) is 2.91. The van der Waals surface area contributed by atoms with Crippen LogP contribution in [0.5, 0.6) is 11.5 Å². The number of pyridine rings is 1. The second-order valence-electron chi connectivity index (χ2n) is 9.62. The highest BCUT2D eigenvalue weighted by atomic mass is 32.2. The molecule has 4 aromatic rings. The van der Waals surface area contributed by atoms with Crippen molar-refractivity contribution >= 4 is 38.7 Å². The maximum absolute atomic E-state index is 11.7. The summed E-state index contributed by atoms with van der Waals surface area (Å²) >= 11 is 5.87. The summed E-state index contributed by atoms with van der Waals surface area (Å²) in [5.74, 6) is 1.46. The van der Waals surface area contributed by atoms with Crippen LogP contribution in [0.2, 0.25) is 0 Å². The van der Waals surface area contributed by atoms with E-state index in [2.05, 4.69) is 44.4 Å². The van der Waals surface area contributed by atoms with E-state index in [0.717, 1.165) is 51.8 Å². The van der Waals surface area contributed by atoms with Crippen molar-refractivity contribution in [3.05, 3.63) is 95.6 Å². The fourth-order valence-corrected chi connectivity index (χ4v) is 6.27. The smallest absolute Gasteiger partial charge is 0.231 e. The normalized spacial score (nSPS) is 18.3. The molecule has 0 saturated carbocycles. The zero-order valence-electron chi connectivity index (χ0n) is 21.6. The van der Waals surface area contributed by atoms with Gasteiger partial charge in [0.2, 0.25) is 16.8 Å². The summed E-state index contributed by atoms with van der Waals surface area (Å²) in [5.41, 5.74) is 6.38. The first-order valence-electron chi connectivity index (χ1n) is 12.4. The van der Waals surface area contributed by atoms with Crippen LogP contribution in [0, 0.1) is 13.8 Å². The second-order valence-corrected chi connectivity index (χ2v) is 11.8. The molecule has 6 rings (SSSR count). The largest absolute Gasteiger partial charge is 0.454 e. The van der Waals surface area contributed by atoms with Crippen molar-refractivity contribution in [1.82, 2.24) is 14.9 Å². The molecular weight excluding hydrogens is 534 g/mol. The van der Waals surface area contributed by atoms with Crippen LogP contribution in [0.25, 0.3) is 5.69 Å². The molecule has 1 fully saturated rings. The van der Waals surface area contributed by atoms with Gasteiger partial charge in [0.25, 0.3) is 0 Å². The van der Waals surface area contributed by atoms with Crippen LogP contribution < -0.4 is 24.4 Å². The minimum absolute atomic E-state index is 0.210. The number of sulfonamides is 1. The van der Waals surface area contributed by atoms with Crippen molar-refractivity contribution in [2.75, 3.05) is 22.7 Å². The molecule has 0 aliphatic carbocycles. The van der Waals surface area contributed by atoms with Gasteiger partial charge in [0.05, 0.1) is 24.0 Å². The maximum Gasteiger partial charge on any atom is 0.231 e. The lowest BCUT2D eigenvalue weighted by Crippen LogP contribution is -2.29. The van der Waals surface area contributed by atoms with Crippen molar-refractivity contribution in [1.29, 1.82) is 0 Å². The third-order valence-corrected chi connectivity index (χ3v) is 7.87. The van der Waals surface area contributed by atoms with E-state index in [4.69, 9.17) is 21.7 Å². The summed E-state index contributed by atoms with van der Waals surface area (Å²) in [6.45, 7) is 4.40. The van der Waals surface area contributed by atoms with Crippen LogP contribution in [-0.4, -0.2) is 36.1 Å². The highest BCUT2D eigenvalue weighted by Crippen LogP contribution is 2.44. The first-order chi connectivity index (χ1) is 18.7. The van der Waals surface area contributed by atoms with Crippen LogP contribution in [0.3, 0.4) is 0 Å². The standard InChI is InChI=1S/C28H27N5O4S2/c1-17-14-22(18(2)32(17)21-11-12-24-25(15-21)37-16-36-24)27-26(23-6-4-5-13-29-23)30-28(38)33(27)20-9-7-19(8-10-20)31-39(3,34)35/h4-15,26-27,31H,16H2,1-3H3,(H,30,38). The lowest BCUT2D eigenvalue weighted by molar-refractivity contribution is 0.174. The summed E-state index contributed by atoms with van der Waals surface area (Å²) in [4.78, 5) is 6.72. The van der Waals surface area contributed by atoms with Gasteiger partial charge >= 0.3 is 0 Å².